The van der Waals surface area contributed by atoms with E-state index in [2.05, 4.69) is 17.6 Å². The molecule has 0 aromatic heterocycles. The summed E-state index contributed by atoms with van der Waals surface area (Å²) in [5.74, 6) is -2.57. The molecular weight excluding hydrogens is 374 g/mol. The summed E-state index contributed by atoms with van der Waals surface area (Å²) in [5, 5.41) is 4.93. The molecule has 8 nitrogen and oxygen atoms in total. The molecule has 1 saturated heterocycles. The predicted octanol–water partition coefficient (Wildman–Crippen LogP) is 2.39. The average Bonchev–Trinajstić information content (AvgIpc) is 2.94. The van der Waals surface area contributed by atoms with E-state index >= 15 is 0 Å². The molecule has 1 aromatic rings. The van der Waals surface area contributed by atoms with Crippen LogP contribution in [0.2, 0.25) is 0 Å². The van der Waals surface area contributed by atoms with Crippen molar-refractivity contribution in [3.8, 4) is 0 Å². The number of hydrogen-bond donors (Lipinski definition) is 2. The lowest BCUT2D eigenvalue weighted by atomic mass is 9.89. The molecule has 1 aromatic carbocycles. The largest absolute Gasteiger partial charge is 0.325 e. The summed E-state index contributed by atoms with van der Waals surface area (Å²) in [4.78, 5) is 63.2. The zero-order valence-electron chi connectivity index (χ0n) is 16.7. The molecular formula is C21H25N3O5. The zero-order chi connectivity index (χ0) is 21.2. The molecule has 1 atom stereocenters. The highest BCUT2D eigenvalue weighted by atomic mass is 16.2. The quantitative estimate of drug-likeness (QED) is 0.540. The van der Waals surface area contributed by atoms with Crippen molar-refractivity contribution in [1.29, 1.82) is 0 Å². The molecule has 2 heterocycles. The first kappa shape index (κ1) is 20.7. The maximum absolute atomic E-state index is 13.1. The molecule has 154 valence electrons. The topological polar surface area (TPSA) is 113 Å². The minimum Gasteiger partial charge on any atom is -0.325 e. The van der Waals surface area contributed by atoms with Gasteiger partial charge in [0, 0.05) is 12.8 Å². The van der Waals surface area contributed by atoms with Gasteiger partial charge < -0.3 is 5.32 Å². The van der Waals surface area contributed by atoms with E-state index < -0.39 is 29.2 Å². The van der Waals surface area contributed by atoms with Crippen LogP contribution in [0.15, 0.2) is 18.2 Å². The molecule has 2 N–H and O–H groups in total. The van der Waals surface area contributed by atoms with E-state index in [1.165, 1.54) is 13.0 Å². The van der Waals surface area contributed by atoms with Gasteiger partial charge in [-0.25, -0.2) is 0 Å². The molecule has 3 rings (SSSR count). The van der Waals surface area contributed by atoms with Crippen LogP contribution in [0, 0.1) is 0 Å². The smallest absolute Gasteiger partial charge is 0.264 e. The fraction of sp³-hybridized carbons (Fsp3) is 0.476. The average molecular weight is 399 g/mol. The highest BCUT2D eigenvalue weighted by molar-refractivity contribution is 6.26. The van der Waals surface area contributed by atoms with E-state index in [0.717, 1.165) is 30.6 Å². The number of hydrogen-bond acceptors (Lipinski definition) is 5. The Kier molecular flexibility index (Phi) is 5.81. The Hall–Kier alpha value is -3.03. The lowest BCUT2D eigenvalue weighted by Gasteiger charge is -2.38. The number of unbranched alkanes of at least 4 members (excludes halogenated alkanes) is 3. The van der Waals surface area contributed by atoms with Gasteiger partial charge in [-0.1, -0.05) is 32.3 Å². The number of carbonyl (C=O) groups is 5. The molecule has 2 aliphatic heterocycles. The molecule has 0 saturated carbocycles. The van der Waals surface area contributed by atoms with Crippen LogP contribution < -0.4 is 10.6 Å². The summed E-state index contributed by atoms with van der Waals surface area (Å²) in [6, 6.07) is 4.67. The van der Waals surface area contributed by atoms with Gasteiger partial charge in [0.05, 0.1) is 16.8 Å². The SMILES string of the molecule is CCCCCCC(=O)Nc1cccc2c1C(=O)N(C1(C)CCC(=O)NC1=O)C2=O. The molecule has 0 spiro atoms. The molecule has 1 fully saturated rings. The maximum atomic E-state index is 13.1. The summed E-state index contributed by atoms with van der Waals surface area (Å²) in [5.41, 5.74) is -0.961. The Morgan fingerprint density at radius 3 is 2.59 bits per heavy atom. The minimum absolute atomic E-state index is 0.0387. The lowest BCUT2D eigenvalue weighted by Crippen LogP contribution is -2.62. The number of rotatable bonds is 7. The van der Waals surface area contributed by atoms with Crippen molar-refractivity contribution in [1.82, 2.24) is 10.2 Å². The van der Waals surface area contributed by atoms with Gasteiger partial charge in [0.15, 0.2) is 0 Å². The second-order valence-electron chi connectivity index (χ2n) is 7.68. The van der Waals surface area contributed by atoms with Crippen LogP contribution in [0.5, 0.6) is 0 Å². The number of piperidine rings is 1. The van der Waals surface area contributed by atoms with E-state index in [0.29, 0.717) is 6.42 Å². The number of anilines is 1. The standard InChI is InChI=1S/C21H25N3O5/c1-3-4-5-6-10-15(25)22-14-9-7-8-13-17(14)19(28)24(18(13)27)21(2)12-11-16(26)23-20(21)29/h7-9H,3-6,10-12H2,1-2H3,(H,22,25)(H,23,26,29). The van der Waals surface area contributed by atoms with Crippen LogP contribution in [-0.2, 0) is 14.4 Å². The van der Waals surface area contributed by atoms with Gasteiger partial charge in [0.2, 0.25) is 11.8 Å². The van der Waals surface area contributed by atoms with Gasteiger partial charge >= 0.3 is 0 Å². The van der Waals surface area contributed by atoms with E-state index in [1.54, 1.807) is 12.1 Å². The first-order valence-corrected chi connectivity index (χ1v) is 9.95. The van der Waals surface area contributed by atoms with Crippen LogP contribution >= 0.6 is 0 Å². The van der Waals surface area contributed by atoms with Crippen molar-refractivity contribution in [3.63, 3.8) is 0 Å². The normalized spacial score (nSPS) is 21.2. The summed E-state index contributed by atoms with van der Waals surface area (Å²) in [6.45, 7) is 3.56. The first-order chi connectivity index (χ1) is 13.8. The Morgan fingerprint density at radius 2 is 1.90 bits per heavy atom. The fourth-order valence-corrected chi connectivity index (χ4v) is 3.77. The summed E-state index contributed by atoms with van der Waals surface area (Å²) in [7, 11) is 0. The van der Waals surface area contributed by atoms with Gasteiger partial charge in [-0.05, 0) is 31.9 Å². The van der Waals surface area contributed by atoms with E-state index in [9.17, 15) is 24.0 Å². The van der Waals surface area contributed by atoms with Crippen LogP contribution in [-0.4, -0.2) is 40.0 Å². The van der Waals surface area contributed by atoms with Gasteiger partial charge in [0.1, 0.15) is 5.54 Å². The number of imide groups is 2. The van der Waals surface area contributed by atoms with Crippen molar-refractivity contribution in [2.75, 3.05) is 5.32 Å². The van der Waals surface area contributed by atoms with E-state index in [4.69, 9.17) is 0 Å². The number of carbonyl (C=O) groups excluding carboxylic acids is 5. The van der Waals surface area contributed by atoms with Crippen molar-refractivity contribution in [2.45, 2.75) is 64.3 Å². The Balaban J connectivity index is 1.83. The second kappa shape index (κ2) is 8.14. The Labute approximate surface area is 169 Å². The van der Waals surface area contributed by atoms with Crippen LogP contribution in [0.25, 0.3) is 0 Å². The molecule has 5 amide bonds. The Morgan fingerprint density at radius 1 is 1.14 bits per heavy atom. The van der Waals surface area contributed by atoms with Gasteiger partial charge in [-0.2, -0.15) is 0 Å². The predicted molar refractivity (Wildman–Crippen MR) is 105 cm³/mol. The minimum atomic E-state index is -1.46. The first-order valence-electron chi connectivity index (χ1n) is 9.95. The molecule has 0 bridgehead atoms. The summed E-state index contributed by atoms with van der Waals surface area (Å²) < 4.78 is 0. The van der Waals surface area contributed by atoms with Gasteiger partial charge in [0.25, 0.3) is 17.7 Å². The maximum Gasteiger partial charge on any atom is 0.264 e. The third kappa shape index (κ3) is 3.79. The van der Waals surface area contributed by atoms with Crippen LogP contribution in [0.1, 0.15) is 79.5 Å². The molecule has 29 heavy (non-hydrogen) atoms. The molecule has 0 radical (unpaired) electrons. The van der Waals surface area contributed by atoms with Crippen molar-refractivity contribution in [3.05, 3.63) is 29.3 Å². The monoisotopic (exact) mass is 399 g/mol. The third-order valence-corrected chi connectivity index (χ3v) is 5.52. The molecule has 1 unspecified atom stereocenters. The lowest BCUT2D eigenvalue weighted by molar-refractivity contribution is -0.141. The second-order valence-corrected chi connectivity index (χ2v) is 7.68. The van der Waals surface area contributed by atoms with Crippen molar-refractivity contribution in [2.24, 2.45) is 0 Å². The molecule has 8 heteroatoms. The summed E-state index contributed by atoms with van der Waals surface area (Å²) in [6.07, 6.45) is 4.25. The highest BCUT2D eigenvalue weighted by Crippen LogP contribution is 2.37. The molecule has 2 aliphatic rings. The van der Waals surface area contributed by atoms with Crippen molar-refractivity contribution < 1.29 is 24.0 Å². The number of benzene rings is 1. The Bertz CT molecular complexity index is 894. The summed E-state index contributed by atoms with van der Waals surface area (Å²) >= 11 is 0. The van der Waals surface area contributed by atoms with E-state index in [1.807, 2.05) is 0 Å². The van der Waals surface area contributed by atoms with Crippen LogP contribution in [0.3, 0.4) is 0 Å². The third-order valence-electron chi connectivity index (χ3n) is 5.52. The van der Waals surface area contributed by atoms with Crippen LogP contribution in [0.4, 0.5) is 5.69 Å². The van der Waals surface area contributed by atoms with Crippen molar-refractivity contribution >= 4 is 35.2 Å². The highest BCUT2D eigenvalue weighted by Gasteiger charge is 2.53. The fourth-order valence-electron chi connectivity index (χ4n) is 3.77. The molecule has 0 aliphatic carbocycles. The van der Waals surface area contributed by atoms with Gasteiger partial charge in [-0.3, -0.25) is 34.2 Å². The number of nitrogens with zero attached hydrogens (tertiary/aromatic N) is 1. The number of amides is 5. The number of nitrogens with one attached hydrogen (secondary N) is 2. The number of fused-ring (bicyclic) bond motifs is 1. The van der Waals surface area contributed by atoms with Gasteiger partial charge in [-0.15, -0.1) is 0 Å². The zero-order valence-corrected chi connectivity index (χ0v) is 16.7. The van der Waals surface area contributed by atoms with E-state index in [-0.39, 0.29) is 35.6 Å².